The van der Waals surface area contributed by atoms with E-state index >= 15 is 0 Å². The standard InChI is InChI=1S/C12H18N2O2S/c1-10(17-9-11-3-2-8-16-11)12(15)14-6-4-13-5-7-14/h2-3,8,10,13H,4-7,9H2,1H3. The molecule has 4 nitrogen and oxygen atoms in total. The predicted molar refractivity (Wildman–Crippen MR) is 68.9 cm³/mol. The summed E-state index contributed by atoms with van der Waals surface area (Å²) in [5.41, 5.74) is 0. The largest absolute Gasteiger partial charge is 0.468 e. The topological polar surface area (TPSA) is 45.5 Å². The van der Waals surface area contributed by atoms with Gasteiger partial charge in [0.1, 0.15) is 5.76 Å². The summed E-state index contributed by atoms with van der Waals surface area (Å²) in [5, 5.41) is 3.25. The molecule has 1 saturated heterocycles. The van der Waals surface area contributed by atoms with Crippen molar-refractivity contribution < 1.29 is 9.21 Å². The third-order valence-electron chi connectivity index (χ3n) is 2.83. The monoisotopic (exact) mass is 254 g/mol. The van der Waals surface area contributed by atoms with Gasteiger partial charge in [-0.3, -0.25) is 4.79 Å². The zero-order chi connectivity index (χ0) is 12.1. The SMILES string of the molecule is CC(SCc1ccco1)C(=O)N1CCNCC1. The highest BCUT2D eigenvalue weighted by Crippen LogP contribution is 2.19. The van der Waals surface area contributed by atoms with Gasteiger partial charge in [-0.15, -0.1) is 11.8 Å². The third kappa shape index (κ3) is 3.51. The molecule has 0 saturated carbocycles. The zero-order valence-electron chi connectivity index (χ0n) is 10.0. The van der Waals surface area contributed by atoms with Crippen LogP contribution in [0.1, 0.15) is 12.7 Å². The van der Waals surface area contributed by atoms with Gasteiger partial charge >= 0.3 is 0 Å². The second kappa shape index (κ2) is 6.12. The molecule has 94 valence electrons. The maximum atomic E-state index is 12.1. The van der Waals surface area contributed by atoms with Crippen LogP contribution in [0.15, 0.2) is 22.8 Å². The molecule has 0 radical (unpaired) electrons. The molecule has 1 fully saturated rings. The minimum absolute atomic E-state index is 0.00167. The molecule has 1 aromatic heterocycles. The molecule has 0 bridgehead atoms. The summed E-state index contributed by atoms with van der Waals surface area (Å²) in [7, 11) is 0. The Kier molecular flexibility index (Phi) is 4.50. The number of rotatable bonds is 4. The van der Waals surface area contributed by atoms with Gasteiger partial charge in [0.05, 0.1) is 17.3 Å². The molecular formula is C12H18N2O2S. The molecule has 1 aliphatic rings. The molecule has 1 unspecified atom stereocenters. The van der Waals surface area contributed by atoms with Crippen LogP contribution in [-0.4, -0.2) is 42.2 Å². The molecule has 17 heavy (non-hydrogen) atoms. The molecule has 5 heteroatoms. The number of furan rings is 1. The average molecular weight is 254 g/mol. The Balaban J connectivity index is 1.78. The number of nitrogens with one attached hydrogen (secondary N) is 1. The fourth-order valence-corrected chi connectivity index (χ4v) is 2.69. The van der Waals surface area contributed by atoms with E-state index in [0.29, 0.717) is 0 Å². The van der Waals surface area contributed by atoms with Crippen molar-refractivity contribution in [3.63, 3.8) is 0 Å². The average Bonchev–Trinajstić information content (AvgIpc) is 2.89. The lowest BCUT2D eigenvalue weighted by atomic mass is 10.3. The first kappa shape index (κ1) is 12.5. The van der Waals surface area contributed by atoms with E-state index in [2.05, 4.69) is 5.32 Å². The van der Waals surface area contributed by atoms with Gasteiger partial charge < -0.3 is 14.6 Å². The number of carbonyl (C=O) groups is 1. The van der Waals surface area contributed by atoms with E-state index in [-0.39, 0.29) is 11.2 Å². The molecule has 2 rings (SSSR count). The molecule has 0 aliphatic carbocycles. The number of thioether (sulfide) groups is 1. The van der Waals surface area contributed by atoms with Crippen LogP contribution in [0.2, 0.25) is 0 Å². The number of hydrogen-bond donors (Lipinski definition) is 1. The first-order valence-corrected chi connectivity index (χ1v) is 6.96. The number of carbonyl (C=O) groups excluding carboxylic acids is 1. The summed E-state index contributed by atoms with van der Waals surface area (Å²) < 4.78 is 5.25. The lowest BCUT2D eigenvalue weighted by molar-refractivity contribution is -0.130. The predicted octanol–water partition coefficient (Wildman–Crippen LogP) is 1.33. The maximum absolute atomic E-state index is 12.1. The van der Waals surface area contributed by atoms with Crippen LogP contribution in [0.4, 0.5) is 0 Å². The van der Waals surface area contributed by atoms with Gasteiger partial charge in [-0.2, -0.15) is 0 Å². The number of amides is 1. The fourth-order valence-electron chi connectivity index (χ4n) is 1.82. The third-order valence-corrected chi connectivity index (χ3v) is 3.98. The van der Waals surface area contributed by atoms with Gasteiger partial charge in [-0.25, -0.2) is 0 Å². The second-order valence-electron chi connectivity index (χ2n) is 4.11. The van der Waals surface area contributed by atoms with Gasteiger partial charge in [0.25, 0.3) is 0 Å². The van der Waals surface area contributed by atoms with Crippen molar-refractivity contribution in [1.82, 2.24) is 10.2 Å². The lowest BCUT2D eigenvalue weighted by Crippen LogP contribution is -2.48. The first-order chi connectivity index (χ1) is 8.27. The minimum Gasteiger partial charge on any atom is -0.468 e. The van der Waals surface area contributed by atoms with E-state index < -0.39 is 0 Å². The van der Waals surface area contributed by atoms with E-state index in [1.54, 1.807) is 18.0 Å². The zero-order valence-corrected chi connectivity index (χ0v) is 10.8. The fraction of sp³-hybridized carbons (Fsp3) is 0.583. The summed E-state index contributed by atoms with van der Waals surface area (Å²) in [6.07, 6.45) is 1.67. The summed E-state index contributed by atoms with van der Waals surface area (Å²) >= 11 is 1.63. The highest BCUT2D eigenvalue weighted by Gasteiger charge is 2.22. The summed E-state index contributed by atoms with van der Waals surface area (Å²) in [6, 6.07) is 3.81. The van der Waals surface area contributed by atoms with Gasteiger partial charge in [0.15, 0.2) is 0 Å². The van der Waals surface area contributed by atoms with Crippen molar-refractivity contribution in [2.45, 2.75) is 17.9 Å². The Bertz CT molecular complexity index is 347. The molecule has 1 atom stereocenters. The second-order valence-corrected chi connectivity index (χ2v) is 5.44. The van der Waals surface area contributed by atoms with Gasteiger partial charge in [-0.05, 0) is 19.1 Å². The number of hydrogen-bond acceptors (Lipinski definition) is 4. The Morgan fingerprint density at radius 3 is 3.00 bits per heavy atom. The molecule has 1 amide bonds. The molecular weight excluding hydrogens is 236 g/mol. The smallest absolute Gasteiger partial charge is 0.235 e. The van der Waals surface area contributed by atoms with Gasteiger partial charge in [0, 0.05) is 26.2 Å². The molecule has 1 aromatic rings. The van der Waals surface area contributed by atoms with Crippen molar-refractivity contribution >= 4 is 17.7 Å². The van der Waals surface area contributed by atoms with Crippen LogP contribution in [-0.2, 0) is 10.5 Å². The quantitative estimate of drug-likeness (QED) is 0.880. The van der Waals surface area contributed by atoms with Crippen molar-refractivity contribution in [2.24, 2.45) is 0 Å². The molecule has 1 aliphatic heterocycles. The van der Waals surface area contributed by atoms with Crippen LogP contribution in [0.5, 0.6) is 0 Å². The molecule has 2 heterocycles. The number of nitrogens with zero attached hydrogens (tertiary/aromatic N) is 1. The van der Waals surface area contributed by atoms with Crippen molar-refractivity contribution in [3.8, 4) is 0 Å². The number of piperazine rings is 1. The first-order valence-electron chi connectivity index (χ1n) is 5.91. The van der Waals surface area contributed by atoms with Crippen LogP contribution in [0.25, 0.3) is 0 Å². The molecule has 0 aromatic carbocycles. The minimum atomic E-state index is -0.00167. The van der Waals surface area contributed by atoms with E-state index in [4.69, 9.17) is 4.42 Å². The van der Waals surface area contributed by atoms with Crippen molar-refractivity contribution in [2.75, 3.05) is 26.2 Å². The highest BCUT2D eigenvalue weighted by molar-refractivity contribution is 7.99. The van der Waals surface area contributed by atoms with Crippen LogP contribution in [0, 0.1) is 0 Å². The van der Waals surface area contributed by atoms with Crippen LogP contribution in [0.3, 0.4) is 0 Å². The Labute approximate surface area is 106 Å². The Morgan fingerprint density at radius 2 is 2.35 bits per heavy atom. The van der Waals surface area contributed by atoms with Crippen molar-refractivity contribution in [1.29, 1.82) is 0 Å². The molecule has 0 spiro atoms. The van der Waals surface area contributed by atoms with Gasteiger partial charge in [-0.1, -0.05) is 0 Å². The van der Waals surface area contributed by atoms with Gasteiger partial charge in [0.2, 0.25) is 5.91 Å². The summed E-state index contributed by atoms with van der Waals surface area (Å²) in [6.45, 7) is 5.43. The summed E-state index contributed by atoms with van der Waals surface area (Å²) in [5.74, 6) is 1.92. The van der Waals surface area contributed by atoms with Crippen molar-refractivity contribution in [3.05, 3.63) is 24.2 Å². The Morgan fingerprint density at radius 1 is 1.59 bits per heavy atom. The maximum Gasteiger partial charge on any atom is 0.235 e. The van der Waals surface area contributed by atoms with E-state index in [1.165, 1.54) is 0 Å². The van der Waals surface area contributed by atoms with E-state index in [1.807, 2.05) is 24.0 Å². The lowest BCUT2D eigenvalue weighted by Gasteiger charge is -2.29. The summed E-state index contributed by atoms with van der Waals surface area (Å²) in [4.78, 5) is 14.0. The Hall–Kier alpha value is -0.940. The molecule has 1 N–H and O–H groups in total. The van der Waals surface area contributed by atoms with E-state index in [0.717, 1.165) is 37.7 Å². The van der Waals surface area contributed by atoms with E-state index in [9.17, 15) is 4.79 Å². The van der Waals surface area contributed by atoms with Crippen LogP contribution >= 0.6 is 11.8 Å². The van der Waals surface area contributed by atoms with Crippen LogP contribution < -0.4 is 5.32 Å². The highest BCUT2D eigenvalue weighted by atomic mass is 32.2. The normalized spacial score (nSPS) is 18.1.